The van der Waals surface area contributed by atoms with Crippen molar-refractivity contribution in [3.8, 4) is 0 Å². The van der Waals surface area contributed by atoms with E-state index in [-0.39, 0.29) is 6.10 Å². The Bertz CT molecular complexity index is 739. The highest BCUT2D eigenvalue weighted by Gasteiger charge is 2.54. The Balaban J connectivity index is 1.54. The topological polar surface area (TPSA) is 20.2 Å². The van der Waals surface area contributed by atoms with Crippen LogP contribution >= 0.6 is 0 Å². The zero-order valence-corrected chi connectivity index (χ0v) is 20.5. The fourth-order valence-corrected chi connectivity index (χ4v) is 8.19. The zero-order chi connectivity index (χ0) is 21.7. The van der Waals surface area contributed by atoms with Crippen molar-refractivity contribution < 1.29 is 5.11 Å². The third-order valence-corrected chi connectivity index (χ3v) is 10.2. The molecule has 4 aliphatic carbocycles. The molecule has 7 atom stereocenters. The Morgan fingerprint density at radius 2 is 1.93 bits per heavy atom. The summed E-state index contributed by atoms with van der Waals surface area (Å²) < 4.78 is 0. The number of rotatable bonds is 5. The van der Waals surface area contributed by atoms with E-state index in [1.165, 1.54) is 44.9 Å². The summed E-state index contributed by atoms with van der Waals surface area (Å²) in [5.74, 6) is 3.61. The van der Waals surface area contributed by atoms with Crippen LogP contribution in [0.2, 0.25) is 0 Å². The minimum Gasteiger partial charge on any atom is -0.393 e. The maximum absolute atomic E-state index is 10.3. The van der Waals surface area contributed by atoms with Gasteiger partial charge in [0, 0.05) is 0 Å². The minimum absolute atomic E-state index is 0.0457. The first-order chi connectivity index (χ1) is 14.2. The Morgan fingerprint density at radius 3 is 2.63 bits per heavy atom. The van der Waals surface area contributed by atoms with Gasteiger partial charge in [0.1, 0.15) is 0 Å². The smallest absolute Gasteiger partial charge is 0.0543 e. The molecule has 0 radical (unpaired) electrons. The maximum Gasteiger partial charge on any atom is 0.0543 e. The molecule has 0 aliphatic heterocycles. The number of hydrogen-bond donors (Lipinski definition) is 1. The van der Waals surface area contributed by atoms with Gasteiger partial charge in [0.05, 0.1) is 6.10 Å². The van der Waals surface area contributed by atoms with Gasteiger partial charge in [-0.2, -0.15) is 0 Å². The zero-order valence-electron chi connectivity index (χ0n) is 20.5. The van der Waals surface area contributed by atoms with E-state index in [0.29, 0.717) is 22.7 Å². The lowest BCUT2D eigenvalue weighted by Gasteiger charge is -2.56. The van der Waals surface area contributed by atoms with Crippen molar-refractivity contribution in [2.45, 2.75) is 105 Å². The number of aliphatic hydroxyl groups is 1. The first-order valence-corrected chi connectivity index (χ1v) is 13.0. The molecule has 2 fully saturated rings. The van der Waals surface area contributed by atoms with Gasteiger partial charge in [-0.25, -0.2) is 0 Å². The largest absolute Gasteiger partial charge is 0.393 e. The van der Waals surface area contributed by atoms with Crippen LogP contribution in [-0.2, 0) is 0 Å². The van der Waals surface area contributed by atoms with E-state index in [1.807, 2.05) is 5.57 Å². The molecule has 0 amide bonds. The molecular formula is C29H46O. The summed E-state index contributed by atoms with van der Waals surface area (Å²) in [6.07, 6.45) is 18.6. The molecule has 0 unspecified atom stereocenters. The van der Waals surface area contributed by atoms with E-state index in [2.05, 4.69) is 59.8 Å². The average molecular weight is 411 g/mol. The summed E-state index contributed by atoms with van der Waals surface area (Å²) in [4.78, 5) is 0. The van der Waals surface area contributed by atoms with Crippen LogP contribution in [0.15, 0.2) is 34.9 Å². The van der Waals surface area contributed by atoms with E-state index in [1.54, 1.807) is 11.1 Å². The second kappa shape index (κ2) is 8.27. The first-order valence-electron chi connectivity index (χ1n) is 13.0. The second-order valence-electron chi connectivity index (χ2n) is 12.0. The summed E-state index contributed by atoms with van der Waals surface area (Å²) >= 11 is 0. The minimum atomic E-state index is -0.0457. The maximum atomic E-state index is 10.3. The van der Waals surface area contributed by atoms with Gasteiger partial charge >= 0.3 is 0 Å². The molecule has 0 bridgehead atoms. The molecule has 0 aromatic rings. The first kappa shape index (κ1) is 22.4. The molecule has 4 rings (SSSR count). The summed E-state index contributed by atoms with van der Waals surface area (Å²) in [6, 6.07) is 0. The summed E-state index contributed by atoms with van der Waals surface area (Å²) in [5.41, 5.74) is 5.97. The van der Waals surface area contributed by atoms with Gasteiger partial charge in [-0.3, -0.25) is 0 Å². The normalized spacial score (nSPS) is 42.2. The van der Waals surface area contributed by atoms with E-state index >= 15 is 0 Å². The lowest BCUT2D eigenvalue weighted by atomic mass is 9.48. The molecule has 30 heavy (non-hydrogen) atoms. The van der Waals surface area contributed by atoms with Gasteiger partial charge in [-0.15, -0.1) is 0 Å². The number of fused-ring (bicyclic) bond motifs is 4. The second-order valence-corrected chi connectivity index (χ2v) is 12.0. The van der Waals surface area contributed by atoms with Crippen LogP contribution < -0.4 is 0 Å². The van der Waals surface area contributed by atoms with Crippen molar-refractivity contribution in [2.75, 3.05) is 0 Å². The number of hydrogen-bond acceptors (Lipinski definition) is 1. The number of aliphatic hydroxyl groups excluding tert-OH is 1. The van der Waals surface area contributed by atoms with Gasteiger partial charge < -0.3 is 5.11 Å². The molecule has 0 saturated heterocycles. The van der Waals surface area contributed by atoms with Crippen molar-refractivity contribution >= 4 is 0 Å². The molecule has 0 aromatic heterocycles. The fourth-order valence-electron chi connectivity index (χ4n) is 8.19. The van der Waals surface area contributed by atoms with Gasteiger partial charge in [-0.05, 0) is 111 Å². The molecule has 0 heterocycles. The molecule has 168 valence electrons. The highest BCUT2D eigenvalue weighted by Crippen LogP contribution is 2.64. The van der Waals surface area contributed by atoms with E-state index < -0.39 is 0 Å². The SMILES string of the molecule is C/C=C(/CC[C@@H](C)[C@@H]1C=CC2=C3CC[C@@H]4C[C@@H](O)CC[C@]4(C)[C@@H]3CC[C@]21C)C(C)C. The summed E-state index contributed by atoms with van der Waals surface area (Å²) in [6.45, 7) is 14.5. The van der Waals surface area contributed by atoms with Crippen LogP contribution in [0.5, 0.6) is 0 Å². The summed E-state index contributed by atoms with van der Waals surface area (Å²) in [7, 11) is 0. The van der Waals surface area contributed by atoms with E-state index in [0.717, 1.165) is 30.6 Å². The Hall–Kier alpha value is -0.820. The van der Waals surface area contributed by atoms with Crippen molar-refractivity contribution in [1.82, 2.24) is 0 Å². The van der Waals surface area contributed by atoms with Gasteiger partial charge in [-0.1, -0.05) is 64.0 Å². The molecule has 2 saturated carbocycles. The molecule has 0 spiro atoms. The highest BCUT2D eigenvalue weighted by atomic mass is 16.3. The average Bonchev–Trinajstić information content (AvgIpc) is 3.06. The van der Waals surface area contributed by atoms with Crippen LogP contribution in [0.25, 0.3) is 0 Å². The third kappa shape index (κ3) is 3.58. The van der Waals surface area contributed by atoms with Crippen LogP contribution in [0.4, 0.5) is 0 Å². The predicted octanol–water partition coefficient (Wildman–Crippen LogP) is 7.87. The molecule has 1 N–H and O–H groups in total. The van der Waals surface area contributed by atoms with Crippen molar-refractivity contribution in [1.29, 1.82) is 0 Å². The monoisotopic (exact) mass is 410 g/mol. The van der Waals surface area contributed by atoms with Crippen LogP contribution in [0.1, 0.15) is 99.3 Å². The van der Waals surface area contributed by atoms with E-state index in [4.69, 9.17) is 0 Å². The predicted molar refractivity (Wildman–Crippen MR) is 128 cm³/mol. The van der Waals surface area contributed by atoms with Crippen molar-refractivity contribution in [3.63, 3.8) is 0 Å². The molecule has 1 heteroatoms. The van der Waals surface area contributed by atoms with Gasteiger partial charge in [0.2, 0.25) is 0 Å². The van der Waals surface area contributed by atoms with Gasteiger partial charge in [0.25, 0.3) is 0 Å². The van der Waals surface area contributed by atoms with Crippen molar-refractivity contribution in [3.05, 3.63) is 34.9 Å². The fraction of sp³-hybridized carbons (Fsp3) is 0.793. The van der Waals surface area contributed by atoms with E-state index in [9.17, 15) is 5.11 Å². The number of allylic oxidation sites excluding steroid dienone is 6. The molecule has 1 nitrogen and oxygen atoms in total. The Kier molecular flexibility index (Phi) is 6.17. The molecule has 4 aliphatic rings. The standard InChI is InChI=1S/C29H46O/c1-7-21(19(2)3)9-8-20(4)25-12-13-26-24-11-10-22-18-23(30)14-16-28(22,5)27(24)15-17-29(25,26)6/h7,12-13,19-20,22-23,25,27,30H,8-11,14-18H2,1-6H3/b21-7-/t20-,22-,23+,25+,27-,28+,29+/m1/s1. The lowest BCUT2D eigenvalue weighted by molar-refractivity contribution is -0.0376. The quantitative estimate of drug-likeness (QED) is 0.457. The Morgan fingerprint density at radius 1 is 1.17 bits per heavy atom. The Labute approximate surface area is 186 Å². The molecular weight excluding hydrogens is 364 g/mol. The van der Waals surface area contributed by atoms with Crippen LogP contribution in [0, 0.1) is 40.4 Å². The lowest BCUT2D eigenvalue weighted by Crippen LogP contribution is -2.48. The third-order valence-electron chi connectivity index (χ3n) is 10.2. The molecule has 0 aromatic carbocycles. The summed E-state index contributed by atoms with van der Waals surface area (Å²) in [5, 5.41) is 10.3. The van der Waals surface area contributed by atoms with Crippen molar-refractivity contribution in [2.24, 2.45) is 40.4 Å². The van der Waals surface area contributed by atoms with Crippen LogP contribution in [0.3, 0.4) is 0 Å². The highest BCUT2D eigenvalue weighted by molar-refractivity contribution is 5.44. The van der Waals surface area contributed by atoms with Crippen LogP contribution in [-0.4, -0.2) is 11.2 Å². The van der Waals surface area contributed by atoms with Gasteiger partial charge in [0.15, 0.2) is 0 Å².